The minimum Gasteiger partial charge on any atom is -0.462 e. The Morgan fingerprint density at radius 2 is 2.11 bits per heavy atom. The summed E-state index contributed by atoms with van der Waals surface area (Å²) in [4.78, 5) is 43.9. The number of nitrogens with zero attached hydrogens (tertiary/aromatic N) is 1. The molecule has 1 amide bonds. The van der Waals surface area contributed by atoms with Crippen molar-refractivity contribution in [3.8, 4) is 0 Å². The minimum atomic E-state index is -0.511. The van der Waals surface area contributed by atoms with E-state index in [1.165, 1.54) is 11.8 Å². The zero-order chi connectivity index (χ0) is 19.4. The number of thioether (sulfide) groups is 1. The first kappa shape index (κ1) is 19.2. The highest BCUT2D eigenvalue weighted by Crippen LogP contribution is 2.24. The van der Waals surface area contributed by atoms with Crippen LogP contribution in [0.15, 0.2) is 34.2 Å². The van der Waals surface area contributed by atoms with Crippen LogP contribution in [0.4, 0.5) is 5.69 Å². The maximum atomic E-state index is 12.6. The number of aromatic nitrogens is 2. The first-order valence-electron chi connectivity index (χ1n) is 8.85. The summed E-state index contributed by atoms with van der Waals surface area (Å²) in [6, 6.07) is 6.69. The molecule has 1 aromatic heterocycles. The Balaban J connectivity index is 1.71. The molecule has 1 atom stereocenters. The molecule has 27 heavy (non-hydrogen) atoms. The summed E-state index contributed by atoms with van der Waals surface area (Å²) >= 11 is 1.18. The number of carbonyl (C=O) groups is 2. The van der Waals surface area contributed by atoms with Gasteiger partial charge in [-0.2, -0.15) is 0 Å². The van der Waals surface area contributed by atoms with Gasteiger partial charge < -0.3 is 15.0 Å². The number of H-pyrrole nitrogens is 1. The van der Waals surface area contributed by atoms with Crippen LogP contribution >= 0.6 is 11.8 Å². The molecule has 8 heteroatoms. The molecule has 1 aliphatic carbocycles. The molecule has 0 aliphatic heterocycles. The smallest absolute Gasteiger partial charge is 0.340 e. The molecule has 0 radical (unpaired) electrons. The van der Waals surface area contributed by atoms with Crippen LogP contribution in [0.1, 0.15) is 41.9 Å². The lowest BCUT2D eigenvalue weighted by Gasteiger charge is -2.14. The summed E-state index contributed by atoms with van der Waals surface area (Å²) in [5.74, 6) is -0.779. The Bertz CT molecular complexity index is 925. The van der Waals surface area contributed by atoms with Gasteiger partial charge in [0.05, 0.1) is 28.8 Å². The van der Waals surface area contributed by atoms with E-state index in [2.05, 4.69) is 15.3 Å². The number of benzene rings is 1. The number of amides is 1. The quantitative estimate of drug-likeness (QED) is 0.449. The van der Waals surface area contributed by atoms with E-state index in [0.717, 1.165) is 30.5 Å². The fraction of sp³-hybridized carbons (Fsp3) is 0.368. The predicted molar refractivity (Wildman–Crippen MR) is 103 cm³/mol. The number of carbonyl (C=O) groups excluding carboxylic acids is 2. The average molecular weight is 387 g/mol. The Morgan fingerprint density at radius 3 is 2.89 bits per heavy atom. The summed E-state index contributed by atoms with van der Waals surface area (Å²) in [6.45, 7) is 3.70. The SMILES string of the molecule is CCOC(=O)c1ccccc1NC(=O)C(C)Sc1nc2c(c(=O)[nH]1)CCC2. The second-order valence-corrected chi connectivity index (χ2v) is 7.49. The normalized spacial score (nSPS) is 13.7. The van der Waals surface area contributed by atoms with Gasteiger partial charge in [-0.3, -0.25) is 9.59 Å². The zero-order valence-electron chi connectivity index (χ0n) is 15.2. The number of hydrogen-bond donors (Lipinski definition) is 2. The van der Waals surface area contributed by atoms with Gasteiger partial charge in [0.25, 0.3) is 5.56 Å². The molecule has 0 fully saturated rings. The van der Waals surface area contributed by atoms with Crippen molar-refractivity contribution in [3.63, 3.8) is 0 Å². The van der Waals surface area contributed by atoms with Gasteiger partial charge in [-0.1, -0.05) is 23.9 Å². The van der Waals surface area contributed by atoms with E-state index in [9.17, 15) is 14.4 Å². The van der Waals surface area contributed by atoms with Gasteiger partial charge in [-0.25, -0.2) is 9.78 Å². The van der Waals surface area contributed by atoms with Crippen LogP contribution in [0.25, 0.3) is 0 Å². The Hall–Kier alpha value is -2.61. The summed E-state index contributed by atoms with van der Waals surface area (Å²) in [5, 5.41) is 2.68. The predicted octanol–water partition coefficient (Wildman–Crippen LogP) is 2.55. The van der Waals surface area contributed by atoms with Crippen LogP contribution in [-0.4, -0.2) is 33.7 Å². The highest BCUT2D eigenvalue weighted by atomic mass is 32.2. The van der Waals surface area contributed by atoms with E-state index in [1.807, 2.05) is 0 Å². The van der Waals surface area contributed by atoms with Gasteiger partial charge in [0.1, 0.15) is 0 Å². The first-order valence-corrected chi connectivity index (χ1v) is 9.73. The second-order valence-electron chi connectivity index (χ2n) is 6.17. The minimum absolute atomic E-state index is 0.125. The molecule has 142 valence electrons. The molecule has 1 aromatic carbocycles. The lowest BCUT2D eigenvalue weighted by molar-refractivity contribution is -0.115. The van der Waals surface area contributed by atoms with Crippen molar-refractivity contribution >= 4 is 29.3 Å². The van der Waals surface area contributed by atoms with Crippen molar-refractivity contribution in [3.05, 3.63) is 51.4 Å². The Labute approximate surface area is 160 Å². The average Bonchev–Trinajstić information content (AvgIpc) is 3.11. The van der Waals surface area contributed by atoms with Crippen LogP contribution in [0, 0.1) is 0 Å². The van der Waals surface area contributed by atoms with Crippen LogP contribution in [0.3, 0.4) is 0 Å². The van der Waals surface area contributed by atoms with E-state index in [4.69, 9.17) is 4.74 Å². The topological polar surface area (TPSA) is 101 Å². The molecule has 1 unspecified atom stereocenters. The van der Waals surface area contributed by atoms with E-state index >= 15 is 0 Å². The van der Waals surface area contributed by atoms with E-state index in [0.29, 0.717) is 16.4 Å². The van der Waals surface area contributed by atoms with Crippen molar-refractivity contribution in [2.75, 3.05) is 11.9 Å². The fourth-order valence-corrected chi connectivity index (χ4v) is 3.72. The third kappa shape index (κ3) is 4.39. The number of anilines is 1. The summed E-state index contributed by atoms with van der Waals surface area (Å²) in [7, 11) is 0. The molecule has 3 rings (SSSR count). The largest absolute Gasteiger partial charge is 0.462 e. The van der Waals surface area contributed by atoms with Crippen molar-refractivity contribution in [1.82, 2.24) is 9.97 Å². The van der Waals surface area contributed by atoms with E-state index in [-0.39, 0.29) is 18.1 Å². The molecular weight excluding hydrogens is 366 g/mol. The Kier molecular flexibility index (Phi) is 5.95. The van der Waals surface area contributed by atoms with E-state index in [1.54, 1.807) is 38.1 Å². The number of fused-ring (bicyclic) bond motifs is 1. The van der Waals surface area contributed by atoms with Crippen molar-refractivity contribution in [2.24, 2.45) is 0 Å². The zero-order valence-corrected chi connectivity index (χ0v) is 16.0. The number of rotatable bonds is 6. The number of nitrogens with one attached hydrogen (secondary N) is 2. The third-order valence-corrected chi connectivity index (χ3v) is 5.24. The van der Waals surface area contributed by atoms with Gasteiger partial charge in [0.2, 0.25) is 5.91 Å². The number of aromatic amines is 1. The maximum absolute atomic E-state index is 12.6. The first-order chi connectivity index (χ1) is 13.0. The summed E-state index contributed by atoms with van der Waals surface area (Å²) < 4.78 is 5.02. The maximum Gasteiger partial charge on any atom is 0.340 e. The van der Waals surface area contributed by atoms with E-state index < -0.39 is 11.2 Å². The van der Waals surface area contributed by atoms with Gasteiger partial charge in [0.15, 0.2) is 5.16 Å². The van der Waals surface area contributed by atoms with Crippen LogP contribution in [-0.2, 0) is 22.4 Å². The van der Waals surface area contributed by atoms with Gasteiger partial charge in [-0.05, 0) is 45.2 Å². The molecule has 2 aromatic rings. The fourth-order valence-electron chi connectivity index (χ4n) is 2.91. The molecule has 0 bridgehead atoms. The number of aryl methyl sites for hydroxylation is 1. The standard InChI is InChI=1S/C19H21N3O4S/c1-3-26-18(25)13-7-4-5-9-15(13)20-16(23)11(2)27-19-21-14-10-6-8-12(14)17(24)22-19/h4-5,7,9,11H,3,6,8,10H2,1-2H3,(H,20,23)(H,21,22,24). The number of para-hydroxylation sites is 1. The Morgan fingerprint density at radius 1 is 1.33 bits per heavy atom. The van der Waals surface area contributed by atoms with Crippen LogP contribution in [0.2, 0.25) is 0 Å². The second kappa shape index (κ2) is 8.39. The summed E-state index contributed by atoms with van der Waals surface area (Å²) in [5.41, 5.74) is 2.14. The third-order valence-electron chi connectivity index (χ3n) is 4.26. The molecular formula is C19H21N3O4S. The summed E-state index contributed by atoms with van der Waals surface area (Å²) in [6.07, 6.45) is 2.48. The molecule has 1 heterocycles. The number of esters is 1. The van der Waals surface area contributed by atoms with Gasteiger partial charge >= 0.3 is 5.97 Å². The van der Waals surface area contributed by atoms with Gasteiger partial charge in [-0.15, -0.1) is 0 Å². The lowest BCUT2D eigenvalue weighted by atomic mass is 10.1. The molecule has 2 N–H and O–H groups in total. The molecule has 0 saturated heterocycles. The van der Waals surface area contributed by atoms with Gasteiger partial charge in [0, 0.05) is 5.56 Å². The highest BCUT2D eigenvalue weighted by Gasteiger charge is 2.22. The lowest BCUT2D eigenvalue weighted by Crippen LogP contribution is -2.25. The number of hydrogen-bond acceptors (Lipinski definition) is 6. The van der Waals surface area contributed by atoms with Crippen molar-refractivity contribution < 1.29 is 14.3 Å². The molecule has 1 aliphatic rings. The van der Waals surface area contributed by atoms with Crippen LogP contribution < -0.4 is 10.9 Å². The van der Waals surface area contributed by atoms with Crippen molar-refractivity contribution in [1.29, 1.82) is 0 Å². The number of ether oxygens (including phenoxy) is 1. The highest BCUT2D eigenvalue weighted by molar-refractivity contribution is 8.00. The van der Waals surface area contributed by atoms with Crippen LogP contribution in [0.5, 0.6) is 0 Å². The monoisotopic (exact) mass is 387 g/mol. The molecule has 7 nitrogen and oxygen atoms in total. The molecule has 0 saturated carbocycles. The molecule has 0 spiro atoms. The van der Waals surface area contributed by atoms with Crippen molar-refractivity contribution in [2.45, 2.75) is 43.5 Å².